The Bertz CT molecular complexity index is 869. The highest BCUT2D eigenvalue weighted by molar-refractivity contribution is 5.96. The van der Waals surface area contributed by atoms with Crippen LogP contribution in [0, 0.1) is 12.7 Å². The number of Topliss-reactive ketones (excluding diaryl/α,β-unsaturated/α-hetero) is 1. The number of nitrogens with zero attached hydrogens (tertiary/aromatic N) is 1. The van der Waals surface area contributed by atoms with Gasteiger partial charge in [-0.1, -0.05) is 35.0 Å². The molecule has 24 heavy (non-hydrogen) atoms. The number of rotatable bonds is 5. The first kappa shape index (κ1) is 15.9. The summed E-state index contributed by atoms with van der Waals surface area (Å²) < 4.78 is 24.1. The molecule has 2 aromatic carbocycles. The molecule has 0 aliphatic heterocycles. The number of aromatic nitrogens is 1. The van der Waals surface area contributed by atoms with Crippen molar-refractivity contribution in [3.63, 3.8) is 0 Å². The van der Waals surface area contributed by atoms with E-state index < -0.39 is 5.82 Å². The van der Waals surface area contributed by atoms with Crippen molar-refractivity contribution in [3.05, 3.63) is 71.2 Å². The van der Waals surface area contributed by atoms with Gasteiger partial charge < -0.3 is 9.26 Å². The largest absolute Gasteiger partial charge is 0.485 e. The SMILES string of the molecule is CC(=O)c1cc(F)ccc1OCc1cc(-c2ccc(C)cc2)no1. The minimum Gasteiger partial charge on any atom is -0.485 e. The number of carbonyl (C=O) groups is 1. The third-order valence-corrected chi connectivity index (χ3v) is 3.60. The molecule has 0 unspecified atom stereocenters. The molecule has 0 spiro atoms. The molecule has 0 saturated heterocycles. The smallest absolute Gasteiger partial charge is 0.174 e. The van der Waals surface area contributed by atoms with Gasteiger partial charge in [0.05, 0.1) is 5.56 Å². The molecule has 1 heterocycles. The first-order valence-corrected chi connectivity index (χ1v) is 7.49. The van der Waals surface area contributed by atoms with Gasteiger partial charge in [0.15, 0.2) is 11.5 Å². The van der Waals surface area contributed by atoms with Crippen LogP contribution in [0.15, 0.2) is 53.1 Å². The predicted octanol–water partition coefficient (Wildman–Crippen LogP) is 4.57. The van der Waals surface area contributed by atoms with E-state index in [2.05, 4.69) is 5.16 Å². The first-order valence-electron chi connectivity index (χ1n) is 7.49. The van der Waals surface area contributed by atoms with E-state index in [1.165, 1.54) is 24.6 Å². The quantitative estimate of drug-likeness (QED) is 0.645. The van der Waals surface area contributed by atoms with E-state index in [4.69, 9.17) is 9.26 Å². The molecule has 5 heteroatoms. The maximum atomic E-state index is 13.3. The van der Waals surface area contributed by atoms with Crippen LogP contribution >= 0.6 is 0 Å². The van der Waals surface area contributed by atoms with E-state index in [0.29, 0.717) is 17.2 Å². The molecule has 4 nitrogen and oxygen atoms in total. The lowest BCUT2D eigenvalue weighted by Gasteiger charge is -2.08. The Balaban J connectivity index is 1.74. The fourth-order valence-corrected chi connectivity index (χ4v) is 2.29. The maximum Gasteiger partial charge on any atom is 0.174 e. The Labute approximate surface area is 138 Å². The molecule has 0 radical (unpaired) electrons. The minimum absolute atomic E-state index is 0.102. The summed E-state index contributed by atoms with van der Waals surface area (Å²) in [4.78, 5) is 11.6. The molecule has 0 amide bonds. The third kappa shape index (κ3) is 3.51. The Morgan fingerprint density at radius 2 is 1.92 bits per heavy atom. The molecule has 3 aromatic rings. The zero-order valence-electron chi connectivity index (χ0n) is 13.4. The molecule has 0 saturated carbocycles. The van der Waals surface area contributed by atoms with Crippen LogP contribution in [0.3, 0.4) is 0 Å². The highest BCUT2D eigenvalue weighted by Crippen LogP contribution is 2.23. The molecule has 0 fully saturated rings. The number of benzene rings is 2. The van der Waals surface area contributed by atoms with Crippen molar-refractivity contribution in [1.82, 2.24) is 5.16 Å². The number of hydrogen-bond donors (Lipinski definition) is 0. The van der Waals surface area contributed by atoms with E-state index in [-0.39, 0.29) is 18.0 Å². The van der Waals surface area contributed by atoms with Gasteiger partial charge in [-0.05, 0) is 32.0 Å². The summed E-state index contributed by atoms with van der Waals surface area (Å²) in [5, 5.41) is 4.02. The van der Waals surface area contributed by atoms with Crippen molar-refractivity contribution in [2.45, 2.75) is 20.5 Å². The second kappa shape index (κ2) is 6.66. The van der Waals surface area contributed by atoms with E-state index >= 15 is 0 Å². The summed E-state index contributed by atoms with van der Waals surface area (Å²) >= 11 is 0. The highest BCUT2D eigenvalue weighted by atomic mass is 19.1. The van der Waals surface area contributed by atoms with Crippen LogP contribution in [0.2, 0.25) is 0 Å². The van der Waals surface area contributed by atoms with Crippen LogP contribution in [-0.4, -0.2) is 10.9 Å². The van der Waals surface area contributed by atoms with Gasteiger partial charge in [-0.3, -0.25) is 4.79 Å². The lowest BCUT2D eigenvalue weighted by Crippen LogP contribution is -2.01. The normalized spacial score (nSPS) is 10.6. The summed E-state index contributed by atoms with van der Waals surface area (Å²) in [6.45, 7) is 3.48. The zero-order chi connectivity index (χ0) is 17.1. The highest BCUT2D eigenvalue weighted by Gasteiger charge is 2.12. The van der Waals surface area contributed by atoms with Crippen LogP contribution in [-0.2, 0) is 6.61 Å². The van der Waals surface area contributed by atoms with Crippen LogP contribution in [0.4, 0.5) is 4.39 Å². The van der Waals surface area contributed by atoms with Crippen LogP contribution in [0.25, 0.3) is 11.3 Å². The number of aryl methyl sites for hydroxylation is 1. The molecule has 0 N–H and O–H groups in total. The lowest BCUT2D eigenvalue weighted by molar-refractivity contribution is 0.101. The van der Waals surface area contributed by atoms with E-state index in [0.717, 1.165) is 11.6 Å². The lowest BCUT2D eigenvalue weighted by atomic mass is 10.1. The monoisotopic (exact) mass is 325 g/mol. The van der Waals surface area contributed by atoms with Gasteiger partial charge in [0, 0.05) is 11.6 Å². The standard InChI is InChI=1S/C19H16FNO3/c1-12-3-5-14(6-4-12)18-10-16(24-21-18)11-23-19-8-7-15(20)9-17(19)13(2)22/h3-10H,11H2,1-2H3. The predicted molar refractivity (Wildman–Crippen MR) is 87.4 cm³/mol. The van der Waals surface area contributed by atoms with E-state index in [1.807, 2.05) is 31.2 Å². The second-order valence-electron chi connectivity index (χ2n) is 5.53. The number of ether oxygens (including phenoxy) is 1. The number of carbonyl (C=O) groups excluding carboxylic acids is 1. The molecule has 0 aliphatic carbocycles. The van der Waals surface area contributed by atoms with Crippen molar-refractivity contribution in [1.29, 1.82) is 0 Å². The van der Waals surface area contributed by atoms with Crippen molar-refractivity contribution in [3.8, 4) is 17.0 Å². The van der Waals surface area contributed by atoms with Gasteiger partial charge in [0.25, 0.3) is 0 Å². The van der Waals surface area contributed by atoms with E-state index in [9.17, 15) is 9.18 Å². The molecular formula is C19H16FNO3. The Morgan fingerprint density at radius 3 is 2.62 bits per heavy atom. The molecule has 0 bridgehead atoms. The Kier molecular flexibility index (Phi) is 4.42. The maximum absolute atomic E-state index is 13.3. The van der Waals surface area contributed by atoms with Crippen LogP contribution < -0.4 is 4.74 Å². The second-order valence-corrected chi connectivity index (χ2v) is 5.53. The Morgan fingerprint density at radius 1 is 1.17 bits per heavy atom. The van der Waals surface area contributed by atoms with Crippen molar-refractivity contribution < 1.29 is 18.4 Å². The summed E-state index contributed by atoms with van der Waals surface area (Å²) in [7, 11) is 0. The Hall–Kier alpha value is -2.95. The summed E-state index contributed by atoms with van der Waals surface area (Å²) in [5.74, 6) is 0.0953. The topological polar surface area (TPSA) is 52.3 Å². The van der Waals surface area contributed by atoms with Crippen molar-refractivity contribution in [2.24, 2.45) is 0 Å². The molecule has 3 rings (SSSR count). The third-order valence-electron chi connectivity index (χ3n) is 3.60. The first-order chi connectivity index (χ1) is 11.5. The van der Waals surface area contributed by atoms with Crippen molar-refractivity contribution >= 4 is 5.78 Å². The average Bonchev–Trinajstić information content (AvgIpc) is 3.03. The van der Waals surface area contributed by atoms with Gasteiger partial charge in [0.2, 0.25) is 0 Å². The summed E-state index contributed by atoms with van der Waals surface area (Å²) in [6, 6.07) is 13.5. The average molecular weight is 325 g/mol. The van der Waals surface area contributed by atoms with Crippen LogP contribution in [0.1, 0.15) is 28.6 Å². The van der Waals surface area contributed by atoms with Crippen molar-refractivity contribution in [2.75, 3.05) is 0 Å². The zero-order valence-corrected chi connectivity index (χ0v) is 13.4. The number of hydrogen-bond acceptors (Lipinski definition) is 4. The van der Waals surface area contributed by atoms with Gasteiger partial charge >= 0.3 is 0 Å². The van der Waals surface area contributed by atoms with Gasteiger partial charge in [-0.2, -0.15) is 0 Å². The summed E-state index contributed by atoms with van der Waals surface area (Å²) in [6.07, 6.45) is 0. The summed E-state index contributed by atoms with van der Waals surface area (Å²) in [5.41, 5.74) is 3.02. The fourth-order valence-electron chi connectivity index (χ4n) is 2.29. The number of halogens is 1. The minimum atomic E-state index is -0.478. The van der Waals surface area contributed by atoms with Gasteiger partial charge in [0.1, 0.15) is 23.9 Å². The molecule has 122 valence electrons. The van der Waals surface area contributed by atoms with E-state index in [1.54, 1.807) is 6.07 Å². The van der Waals surface area contributed by atoms with Gasteiger partial charge in [-0.15, -0.1) is 0 Å². The molecule has 1 aromatic heterocycles. The van der Waals surface area contributed by atoms with Crippen LogP contribution in [0.5, 0.6) is 5.75 Å². The molecular weight excluding hydrogens is 309 g/mol. The fraction of sp³-hybridized carbons (Fsp3) is 0.158. The van der Waals surface area contributed by atoms with Gasteiger partial charge in [-0.25, -0.2) is 4.39 Å². The molecule has 0 aliphatic rings. The number of ketones is 1. The molecule has 0 atom stereocenters.